The molecule has 0 bridgehead atoms. The molecule has 0 aromatic heterocycles. The zero-order chi connectivity index (χ0) is 29.5. The molecule has 41 heavy (non-hydrogen) atoms. The maximum Gasteiger partial charge on any atom is 0.261 e. The summed E-state index contributed by atoms with van der Waals surface area (Å²) in [5, 5.41) is 3.78. The summed E-state index contributed by atoms with van der Waals surface area (Å²) in [7, 11) is 0. The minimum atomic E-state index is -0.798. The topological polar surface area (TPSA) is 86.8 Å². The van der Waals surface area contributed by atoms with Crippen molar-refractivity contribution in [2.24, 2.45) is 0 Å². The van der Waals surface area contributed by atoms with Gasteiger partial charge in [-0.3, -0.25) is 24.1 Å². The van der Waals surface area contributed by atoms with Crippen molar-refractivity contribution >= 4 is 46.8 Å². The van der Waals surface area contributed by atoms with Gasteiger partial charge in [-0.2, -0.15) is 0 Å². The van der Waals surface area contributed by atoms with Crippen molar-refractivity contribution in [1.29, 1.82) is 0 Å². The van der Waals surface area contributed by atoms with Crippen LogP contribution in [0.25, 0.3) is 0 Å². The SMILES string of the molecule is CC[C@H](C)NC(=O)[C@@H](Cc1ccccc1)N(Cc1ccc(Cl)c(Cl)c1)C(=O)CCCN1C(=O)c2ccccc2C1=O. The summed E-state index contributed by atoms with van der Waals surface area (Å²) in [5.41, 5.74) is 2.38. The maximum atomic E-state index is 13.8. The van der Waals surface area contributed by atoms with Crippen LogP contribution in [0.15, 0.2) is 72.8 Å². The summed E-state index contributed by atoms with van der Waals surface area (Å²) in [5.74, 6) is -1.24. The van der Waals surface area contributed by atoms with Crippen LogP contribution in [0, 0.1) is 0 Å². The third-order valence-corrected chi connectivity index (χ3v) is 8.00. The number of halogens is 2. The fraction of sp³-hybridized carbons (Fsp3) is 0.312. The van der Waals surface area contributed by atoms with E-state index >= 15 is 0 Å². The lowest BCUT2D eigenvalue weighted by Crippen LogP contribution is -2.52. The number of hydrogen-bond acceptors (Lipinski definition) is 4. The first-order valence-electron chi connectivity index (χ1n) is 13.7. The number of amides is 4. The smallest absolute Gasteiger partial charge is 0.261 e. The van der Waals surface area contributed by atoms with Gasteiger partial charge < -0.3 is 10.2 Å². The van der Waals surface area contributed by atoms with Crippen molar-refractivity contribution in [1.82, 2.24) is 15.1 Å². The zero-order valence-electron chi connectivity index (χ0n) is 23.1. The van der Waals surface area contributed by atoms with Gasteiger partial charge in [0.2, 0.25) is 11.8 Å². The minimum Gasteiger partial charge on any atom is -0.352 e. The first-order valence-corrected chi connectivity index (χ1v) is 14.5. The lowest BCUT2D eigenvalue weighted by Gasteiger charge is -2.32. The highest BCUT2D eigenvalue weighted by molar-refractivity contribution is 6.42. The number of imide groups is 1. The van der Waals surface area contributed by atoms with E-state index in [9.17, 15) is 19.2 Å². The number of nitrogens with one attached hydrogen (secondary N) is 1. The van der Waals surface area contributed by atoms with Gasteiger partial charge in [-0.15, -0.1) is 0 Å². The summed E-state index contributed by atoms with van der Waals surface area (Å²) in [6, 6.07) is 20.5. The Balaban J connectivity index is 1.57. The molecule has 3 aromatic rings. The molecular weight excluding hydrogens is 561 g/mol. The number of nitrogens with zero attached hydrogens (tertiary/aromatic N) is 2. The number of carbonyl (C=O) groups excluding carboxylic acids is 4. The highest BCUT2D eigenvalue weighted by Crippen LogP contribution is 2.26. The summed E-state index contributed by atoms with van der Waals surface area (Å²) in [4.78, 5) is 55.8. The molecule has 7 nitrogen and oxygen atoms in total. The molecule has 1 aliphatic heterocycles. The van der Waals surface area contributed by atoms with E-state index in [1.54, 1.807) is 47.4 Å². The van der Waals surface area contributed by atoms with Gasteiger partial charge in [0.05, 0.1) is 21.2 Å². The Morgan fingerprint density at radius 2 is 1.51 bits per heavy atom. The van der Waals surface area contributed by atoms with Gasteiger partial charge in [-0.25, -0.2) is 0 Å². The second-order valence-corrected chi connectivity index (χ2v) is 11.0. The van der Waals surface area contributed by atoms with E-state index in [1.807, 2.05) is 44.2 Å². The second kappa shape index (κ2) is 13.8. The normalized spacial score (nSPS) is 14.0. The van der Waals surface area contributed by atoms with E-state index < -0.39 is 6.04 Å². The predicted molar refractivity (Wildman–Crippen MR) is 160 cm³/mol. The highest BCUT2D eigenvalue weighted by atomic mass is 35.5. The molecule has 4 rings (SSSR count). The van der Waals surface area contributed by atoms with Crippen LogP contribution in [0.3, 0.4) is 0 Å². The molecule has 0 unspecified atom stereocenters. The number of hydrogen-bond donors (Lipinski definition) is 1. The Kier molecular flexibility index (Phi) is 10.2. The Hall–Kier alpha value is -3.68. The molecule has 214 valence electrons. The lowest BCUT2D eigenvalue weighted by molar-refractivity contribution is -0.141. The van der Waals surface area contributed by atoms with E-state index in [0.717, 1.165) is 17.5 Å². The monoisotopic (exact) mass is 593 g/mol. The second-order valence-electron chi connectivity index (χ2n) is 10.2. The molecule has 0 saturated carbocycles. The number of benzene rings is 3. The Morgan fingerprint density at radius 1 is 0.878 bits per heavy atom. The van der Waals surface area contributed by atoms with E-state index in [4.69, 9.17) is 23.2 Å². The van der Waals surface area contributed by atoms with Crippen molar-refractivity contribution in [3.8, 4) is 0 Å². The highest BCUT2D eigenvalue weighted by Gasteiger charge is 2.35. The summed E-state index contributed by atoms with van der Waals surface area (Å²) in [6.07, 6.45) is 1.35. The van der Waals surface area contributed by atoms with Crippen molar-refractivity contribution in [3.63, 3.8) is 0 Å². The molecule has 3 aromatic carbocycles. The molecule has 1 N–H and O–H groups in total. The molecule has 0 radical (unpaired) electrons. The third-order valence-electron chi connectivity index (χ3n) is 7.26. The lowest BCUT2D eigenvalue weighted by atomic mass is 10.0. The first-order chi connectivity index (χ1) is 19.7. The van der Waals surface area contributed by atoms with E-state index in [-0.39, 0.29) is 55.6 Å². The van der Waals surface area contributed by atoms with Crippen LogP contribution in [0.4, 0.5) is 0 Å². The fourth-order valence-corrected chi connectivity index (χ4v) is 5.12. The zero-order valence-corrected chi connectivity index (χ0v) is 24.6. The quantitative estimate of drug-likeness (QED) is 0.264. The average Bonchev–Trinajstić information content (AvgIpc) is 3.22. The van der Waals surface area contributed by atoms with Gasteiger partial charge >= 0.3 is 0 Å². The molecule has 0 saturated heterocycles. The molecule has 1 aliphatic rings. The number of fused-ring (bicyclic) bond motifs is 1. The van der Waals surface area contributed by atoms with Gasteiger partial charge in [0.25, 0.3) is 11.8 Å². The molecular formula is C32H33Cl2N3O4. The molecule has 4 amide bonds. The van der Waals surface area contributed by atoms with Crippen LogP contribution < -0.4 is 5.32 Å². The summed E-state index contributed by atoms with van der Waals surface area (Å²) >= 11 is 12.4. The van der Waals surface area contributed by atoms with Crippen LogP contribution >= 0.6 is 23.2 Å². The summed E-state index contributed by atoms with van der Waals surface area (Å²) < 4.78 is 0. The molecule has 0 spiro atoms. The van der Waals surface area contributed by atoms with Crippen LogP contribution in [-0.2, 0) is 22.6 Å². The van der Waals surface area contributed by atoms with Gasteiger partial charge in [-0.05, 0) is 55.2 Å². The van der Waals surface area contributed by atoms with Crippen molar-refractivity contribution in [3.05, 3.63) is 105 Å². The van der Waals surface area contributed by atoms with Crippen LogP contribution in [0.5, 0.6) is 0 Å². The van der Waals surface area contributed by atoms with E-state index in [2.05, 4.69) is 5.32 Å². The van der Waals surface area contributed by atoms with Crippen molar-refractivity contribution in [2.45, 2.75) is 58.2 Å². The number of carbonyl (C=O) groups is 4. The maximum absolute atomic E-state index is 13.8. The molecule has 9 heteroatoms. The van der Waals surface area contributed by atoms with Crippen LogP contribution in [0.2, 0.25) is 10.0 Å². The van der Waals surface area contributed by atoms with Gasteiger partial charge in [0.15, 0.2) is 0 Å². The van der Waals surface area contributed by atoms with Gasteiger partial charge in [0, 0.05) is 32.0 Å². The van der Waals surface area contributed by atoms with Crippen molar-refractivity contribution < 1.29 is 19.2 Å². The molecule has 1 heterocycles. The predicted octanol–water partition coefficient (Wildman–Crippen LogP) is 5.92. The van der Waals surface area contributed by atoms with Crippen molar-refractivity contribution in [2.75, 3.05) is 6.54 Å². The molecule has 2 atom stereocenters. The standard InChI is InChI=1S/C32H33Cl2N3O4/c1-3-21(2)35-30(39)28(19-22-10-5-4-6-11-22)37(20-23-15-16-26(33)27(34)18-23)29(38)14-9-17-36-31(40)24-12-7-8-13-25(24)32(36)41/h4-8,10-13,15-16,18,21,28H,3,9,14,17,19-20H2,1-2H3,(H,35,39)/t21-,28+/m0/s1. The van der Waals surface area contributed by atoms with Gasteiger partial charge in [0.1, 0.15) is 6.04 Å². The van der Waals surface area contributed by atoms with Gasteiger partial charge in [-0.1, -0.05) is 78.7 Å². The minimum absolute atomic E-state index is 0.0383. The summed E-state index contributed by atoms with van der Waals surface area (Å²) in [6.45, 7) is 4.13. The average molecular weight is 595 g/mol. The van der Waals surface area contributed by atoms with Crippen LogP contribution in [0.1, 0.15) is 65.0 Å². The molecule has 0 fully saturated rings. The Labute approximate surface area is 250 Å². The molecule has 0 aliphatic carbocycles. The van der Waals surface area contributed by atoms with E-state index in [1.165, 1.54) is 4.90 Å². The van der Waals surface area contributed by atoms with E-state index in [0.29, 0.717) is 27.6 Å². The fourth-order valence-electron chi connectivity index (χ4n) is 4.80. The Bertz CT molecular complexity index is 1390. The number of rotatable bonds is 12. The van der Waals surface area contributed by atoms with Crippen LogP contribution in [-0.4, -0.2) is 52.1 Å². The third kappa shape index (κ3) is 7.34. The largest absolute Gasteiger partial charge is 0.352 e. The Morgan fingerprint density at radius 3 is 2.12 bits per heavy atom. The first kappa shape index (κ1) is 30.3.